The van der Waals surface area contributed by atoms with E-state index in [0.29, 0.717) is 28.2 Å². The molecule has 184 valence electrons. The fourth-order valence-electron chi connectivity index (χ4n) is 4.64. The second kappa shape index (κ2) is 9.39. The Labute approximate surface area is 208 Å². The number of halogens is 3. The Morgan fingerprint density at radius 2 is 1.56 bits per heavy atom. The normalized spacial score (nSPS) is 17.9. The molecule has 0 spiro atoms. The molecule has 3 aromatic carbocycles. The van der Waals surface area contributed by atoms with Gasteiger partial charge >= 0.3 is 12.1 Å². The standard InChI is InChI=1S/C27H21F3N2O3S/c28-27(29,30)18-10-13-23-22(14-18)32-26(36-23)31-19-11-8-16(9-12-19)15-4-6-17(7-5-15)24(33)20-2-1-3-21(20)25(34)35/h4-14,20-21H,1-3H2,(H,31,32)(H,34,35). The lowest BCUT2D eigenvalue weighted by Crippen LogP contribution is -2.25. The van der Waals surface area contributed by atoms with Gasteiger partial charge in [0.15, 0.2) is 10.9 Å². The van der Waals surface area contributed by atoms with E-state index in [0.717, 1.165) is 35.4 Å². The Morgan fingerprint density at radius 1 is 0.917 bits per heavy atom. The van der Waals surface area contributed by atoms with Crippen molar-refractivity contribution in [1.82, 2.24) is 4.98 Å². The number of rotatable bonds is 6. The van der Waals surface area contributed by atoms with Crippen LogP contribution in [0.2, 0.25) is 0 Å². The minimum Gasteiger partial charge on any atom is -0.481 e. The van der Waals surface area contributed by atoms with Gasteiger partial charge in [0.1, 0.15) is 0 Å². The van der Waals surface area contributed by atoms with Crippen LogP contribution in [0.25, 0.3) is 21.3 Å². The third-order valence-corrected chi connectivity index (χ3v) is 7.48. The molecule has 9 heteroatoms. The highest BCUT2D eigenvalue weighted by Gasteiger charge is 2.38. The van der Waals surface area contributed by atoms with Crippen molar-refractivity contribution in [2.24, 2.45) is 11.8 Å². The topological polar surface area (TPSA) is 79.3 Å². The second-order valence-electron chi connectivity index (χ2n) is 8.83. The monoisotopic (exact) mass is 510 g/mol. The lowest BCUT2D eigenvalue weighted by molar-refractivity contribution is -0.142. The molecule has 1 heterocycles. The number of thiazole rings is 1. The zero-order valence-electron chi connectivity index (χ0n) is 18.9. The van der Waals surface area contributed by atoms with Gasteiger partial charge in [0, 0.05) is 17.2 Å². The first-order chi connectivity index (χ1) is 17.2. The summed E-state index contributed by atoms with van der Waals surface area (Å²) in [6.07, 6.45) is -2.53. The number of nitrogens with zero attached hydrogens (tertiary/aromatic N) is 1. The molecule has 1 fully saturated rings. The van der Waals surface area contributed by atoms with Crippen LogP contribution in [0, 0.1) is 11.8 Å². The average Bonchev–Trinajstić information content (AvgIpc) is 3.50. The van der Waals surface area contributed by atoms with Crippen LogP contribution in [-0.4, -0.2) is 21.8 Å². The minimum atomic E-state index is -4.41. The van der Waals surface area contributed by atoms with Crippen LogP contribution in [0.4, 0.5) is 24.0 Å². The number of aliphatic carboxylic acids is 1. The van der Waals surface area contributed by atoms with Crippen LogP contribution >= 0.6 is 11.3 Å². The van der Waals surface area contributed by atoms with Crippen molar-refractivity contribution in [3.8, 4) is 11.1 Å². The summed E-state index contributed by atoms with van der Waals surface area (Å²) in [5.74, 6) is -2.11. The number of ketones is 1. The Hall–Kier alpha value is -3.72. The molecular weight excluding hydrogens is 489 g/mol. The lowest BCUT2D eigenvalue weighted by atomic mass is 9.88. The summed E-state index contributed by atoms with van der Waals surface area (Å²) < 4.78 is 39.5. The number of aromatic nitrogens is 1. The number of carboxylic acid groups (broad SMARTS) is 1. The summed E-state index contributed by atoms with van der Waals surface area (Å²) in [6.45, 7) is 0. The van der Waals surface area contributed by atoms with E-state index in [1.807, 2.05) is 36.4 Å². The van der Waals surface area contributed by atoms with Crippen molar-refractivity contribution in [3.63, 3.8) is 0 Å². The molecule has 5 rings (SSSR count). The predicted octanol–water partition coefficient (Wildman–Crippen LogP) is 7.41. The quantitative estimate of drug-likeness (QED) is 0.264. The van der Waals surface area contributed by atoms with E-state index in [9.17, 15) is 27.9 Å². The molecule has 1 aromatic heterocycles. The number of Topliss-reactive ketones (excluding diaryl/α,β-unsaturated/α-hetero) is 1. The van der Waals surface area contributed by atoms with Crippen molar-refractivity contribution in [3.05, 3.63) is 77.9 Å². The largest absolute Gasteiger partial charge is 0.481 e. The van der Waals surface area contributed by atoms with Crippen LogP contribution in [0.1, 0.15) is 35.2 Å². The molecule has 0 saturated heterocycles. The molecule has 5 nitrogen and oxygen atoms in total. The van der Waals surface area contributed by atoms with Crippen molar-refractivity contribution >= 4 is 44.1 Å². The lowest BCUT2D eigenvalue weighted by Gasteiger charge is -2.14. The number of fused-ring (bicyclic) bond motifs is 1. The molecular formula is C27H21F3N2O3S. The van der Waals surface area contributed by atoms with Gasteiger partial charge in [0.25, 0.3) is 0 Å². The second-order valence-corrected chi connectivity index (χ2v) is 9.86. The summed E-state index contributed by atoms with van der Waals surface area (Å²) in [5, 5.41) is 13.0. The third kappa shape index (κ3) is 4.83. The number of carboxylic acids is 1. The number of hydrogen-bond acceptors (Lipinski definition) is 5. The Kier molecular flexibility index (Phi) is 6.26. The van der Waals surface area contributed by atoms with Gasteiger partial charge in [-0.05, 0) is 54.3 Å². The number of benzene rings is 3. The number of anilines is 2. The fourth-order valence-corrected chi connectivity index (χ4v) is 5.50. The van der Waals surface area contributed by atoms with Crippen LogP contribution in [0.5, 0.6) is 0 Å². The van der Waals surface area contributed by atoms with Crippen molar-refractivity contribution < 1.29 is 27.9 Å². The minimum absolute atomic E-state index is 0.121. The van der Waals surface area contributed by atoms with E-state index in [-0.39, 0.29) is 11.3 Å². The molecule has 1 saturated carbocycles. The average molecular weight is 511 g/mol. The molecule has 0 amide bonds. The smallest absolute Gasteiger partial charge is 0.416 e. The molecule has 2 unspecified atom stereocenters. The van der Waals surface area contributed by atoms with Gasteiger partial charge in [0.2, 0.25) is 0 Å². The Balaban J connectivity index is 1.28. The van der Waals surface area contributed by atoms with Gasteiger partial charge in [-0.25, -0.2) is 4.98 Å². The highest BCUT2D eigenvalue weighted by molar-refractivity contribution is 7.22. The maximum atomic E-state index is 12.9. The zero-order valence-corrected chi connectivity index (χ0v) is 19.7. The van der Waals surface area contributed by atoms with Gasteiger partial charge in [-0.15, -0.1) is 0 Å². The first kappa shape index (κ1) is 24.0. The highest BCUT2D eigenvalue weighted by Crippen LogP contribution is 2.36. The number of nitrogens with one attached hydrogen (secondary N) is 1. The van der Waals surface area contributed by atoms with Crippen LogP contribution in [-0.2, 0) is 11.0 Å². The number of carbonyl (C=O) groups excluding carboxylic acids is 1. The number of carbonyl (C=O) groups is 2. The fraction of sp³-hybridized carbons (Fsp3) is 0.222. The van der Waals surface area contributed by atoms with Gasteiger partial charge in [0.05, 0.1) is 21.7 Å². The molecule has 1 aliphatic carbocycles. The van der Waals surface area contributed by atoms with Gasteiger partial charge in [-0.2, -0.15) is 13.2 Å². The van der Waals surface area contributed by atoms with E-state index in [2.05, 4.69) is 10.3 Å². The van der Waals surface area contributed by atoms with E-state index < -0.39 is 29.5 Å². The van der Waals surface area contributed by atoms with E-state index in [1.54, 1.807) is 12.1 Å². The molecule has 4 aromatic rings. The zero-order chi connectivity index (χ0) is 25.4. The summed E-state index contributed by atoms with van der Waals surface area (Å²) in [6, 6.07) is 18.1. The van der Waals surface area contributed by atoms with Crippen LogP contribution < -0.4 is 5.32 Å². The van der Waals surface area contributed by atoms with Gasteiger partial charge in [-0.1, -0.05) is 54.2 Å². The molecule has 0 radical (unpaired) electrons. The first-order valence-electron chi connectivity index (χ1n) is 11.4. The Morgan fingerprint density at radius 3 is 2.19 bits per heavy atom. The van der Waals surface area contributed by atoms with Gasteiger partial charge in [-0.3, -0.25) is 9.59 Å². The molecule has 2 atom stereocenters. The Bertz CT molecular complexity index is 1430. The molecule has 36 heavy (non-hydrogen) atoms. The molecule has 1 aliphatic rings. The summed E-state index contributed by atoms with van der Waals surface area (Å²) in [5.41, 5.74) is 2.63. The highest BCUT2D eigenvalue weighted by atomic mass is 32.1. The molecule has 2 N–H and O–H groups in total. The van der Waals surface area contributed by atoms with E-state index >= 15 is 0 Å². The molecule has 0 aliphatic heterocycles. The van der Waals surface area contributed by atoms with E-state index in [4.69, 9.17) is 0 Å². The summed E-state index contributed by atoms with van der Waals surface area (Å²) in [7, 11) is 0. The summed E-state index contributed by atoms with van der Waals surface area (Å²) >= 11 is 1.27. The predicted molar refractivity (Wildman–Crippen MR) is 133 cm³/mol. The van der Waals surface area contributed by atoms with Crippen molar-refractivity contribution in [2.45, 2.75) is 25.4 Å². The van der Waals surface area contributed by atoms with Crippen LogP contribution in [0.3, 0.4) is 0 Å². The number of hydrogen-bond donors (Lipinski definition) is 2. The van der Waals surface area contributed by atoms with Gasteiger partial charge < -0.3 is 10.4 Å². The SMILES string of the molecule is O=C(O)C1CCCC1C(=O)c1ccc(-c2ccc(Nc3nc4cc(C(F)(F)F)ccc4s3)cc2)cc1. The summed E-state index contributed by atoms with van der Waals surface area (Å²) in [4.78, 5) is 28.5. The van der Waals surface area contributed by atoms with Crippen molar-refractivity contribution in [2.75, 3.05) is 5.32 Å². The maximum absolute atomic E-state index is 12.9. The number of alkyl halides is 3. The van der Waals surface area contributed by atoms with E-state index in [1.165, 1.54) is 17.4 Å². The van der Waals surface area contributed by atoms with Crippen LogP contribution in [0.15, 0.2) is 66.7 Å². The van der Waals surface area contributed by atoms with Crippen molar-refractivity contribution in [1.29, 1.82) is 0 Å². The molecule has 0 bridgehead atoms. The first-order valence-corrected chi connectivity index (χ1v) is 12.2. The maximum Gasteiger partial charge on any atom is 0.416 e. The third-order valence-electron chi connectivity index (χ3n) is 6.52.